The number of ether oxygens (including phenoxy) is 1. The molecule has 8 aromatic carbocycles. The second kappa shape index (κ2) is 15.1. The standard InChI is InChI=1S/C58H49B2N5O/c1-6-20-40(21-7-1)63-49-28-14-12-26-45(49)59-47-38-48-51(39-50(47)64(41-22-8-2-9-23-41)53-35-43(34-52(63)57(53)59)61-30-16-4-17-31-61)65(42-24-10-3-11-25-42)54-36-44(62-32-18-5-19-33-62)37-56-58(54)60(48)46-27-13-15-29-55(46)66-56/h1-3,6-15,20-29,34-39H,4-5,16-19,30-33H2. The van der Waals surface area contributed by atoms with Crippen molar-refractivity contribution < 1.29 is 4.74 Å². The fraction of sp³-hybridized carbons (Fsp3) is 0.172. The number of nitrogens with zero attached hydrogens (tertiary/aromatic N) is 5. The van der Waals surface area contributed by atoms with Crippen LogP contribution in [0, 0.1) is 0 Å². The van der Waals surface area contributed by atoms with Gasteiger partial charge < -0.3 is 29.2 Å². The zero-order chi connectivity index (χ0) is 43.3. The second-order valence-electron chi connectivity index (χ2n) is 18.9. The molecule has 6 aliphatic heterocycles. The third kappa shape index (κ3) is 5.76. The van der Waals surface area contributed by atoms with Gasteiger partial charge in [0.1, 0.15) is 11.5 Å². The Bertz CT molecular complexity index is 3190. The van der Waals surface area contributed by atoms with E-state index in [1.54, 1.807) is 0 Å². The Kier molecular flexibility index (Phi) is 8.71. The van der Waals surface area contributed by atoms with Crippen molar-refractivity contribution >= 4 is 109 Å². The summed E-state index contributed by atoms with van der Waals surface area (Å²) < 4.78 is 7.05. The van der Waals surface area contributed by atoms with E-state index in [4.69, 9.17) is 4.74 Å². The molecule has 0 saturated carbocycles. The molecular weight excluding hydrogens is 804 g/mol. The number of para-hydroxylation sites is 5. The number of piperidine rings is 2. The second-order valence-corrected chi connectivity index (χ2v) is 18.9. The normalized spacial score (nSPS) is 16.4. The van der Waals surface area contributed by atoms with Crippen LogP contribution in [0.1, 0.15) is 38.5 Å². The maximum absolute atomic E-state index is 7.05. The molecule has 0 N–H and O–H groups in total. The molecule has 0 unspecified atom stereocenters. The van der Waals surface area contributed by atoms with E-state index in [9.17, 15) is 0 Å². The molecule has 0 atom stereocenters. The lowest BCUT2D eigenvalue weighted by Crippen LogP contribution is -2.64. The van der Waals surface area contributed by atoms with E-state index in [1.165, 1.54) is 122 Å². The first-order chi connectivity index (χ1) is 32.8. The van der Waals surface area contributed by atoms with Crippen LogP contribution in [0.3, 0.4) is 0 Å². The highest BCUT2D eigenvalue weighted by Gasteiger charge is 2.48. The molecule has 2 fully saturated rings. The summed E-state index contributed by atoms with van der Waals surface area (Å²) in [4.78, 5) is 12.9. The van der Waals surface area contributed by atoms with E-state index in [1.807, 2.05) is 0 Å². The van der Waals surface area contributed by atoms with Gasteiger partial charge in [0, 0.05) is 94.8 Å². The molecule has 318 valence electrons. The fourth-order valence-electron chi connectivity index (χ4n) is 12.3. The number of rotatable bonds is 5. The summed E-state index contributed by atoms with van der Waals surface area (Å²) in [5.41, 5.74) is 21.2. The monoisotopic (exact) mass is 853 g/mol. The molecule has 8 aromatic rings. The minimum Gasteiger partial charge on any atom is -0.458 e. The number of anilines is 11. The molecule has 2 saturated heterocycles. The van der Waals surface area contributed by atoms with Gasteiger partial charge in [-0.25, -0.2) is 0 Å². The van der Waals surface area contributed by atoms with E-state index in [0.717, 1.165) is 49.1 Å². The van der Waals surface area contributed by atoms with Gasteiger partial charge in [-0.05, 0) is 144 Å². The Morgan fingerprint density at radius 2 is 0.742 bits per heavy atom. The van der Waals surface area contributed by atoms with Crippen molar-refractivity contribution in [1.82, 2.24) is 0 Å². The third-order valence-electron chi connectivity index (χ3n) is 15.2. The van der Waals surface area contributed by atoms with Crippen molar-refractivity contribution in [1.29, 1.82) is 0 Å². The molecule has 0 amide bonds. The highest BCUT2D eigenvalue weighted by atomic mass is 16.5. The van der Waals surface area contributed by atoms with Gasteiger partial charge in [0.2, 0.25) is 0 Å². The molecule has 8 heteroatoms. The predicted molar refractivity (Wildman–Crippen MR) is 278 cm³/mol. The first kappa shape index (κ1) is 38.0. The Morgan fingerprint density at radius 3 is 1.30 bits per heavy atom. The van der Waals surface area contributed by atoms with Crippen molar-refractivity contribution in [3.8, 4) is 11.5 Å². The summed E-state index contributed by atoms with van der Waals surface area (Å²) in [6.07, 6.45) is 7.42. The number of hydrogen-bond donors (Lipinski definition) is 0. The van der Waals surface area contributed by atoms with Crippen molar-refractivity contribution in [3.63, 3.8) is 0 Å². The molecule has 0 aliphatic carbocycles. The number of fused-ring (bicyclic) bond motifs is 8. The maximum Gasteiger partial charge on any atom is 0.256 e. The van der Waals surface area contributed by atoms with Gasteiger partial charge in [0.05, 0.1) is 0 Å². The van der Waals surface area contributed by atoms with Crippen LogP contribution in [0.15, 0.2) is 176 Å². The summed E-state index contributed by atoms with van der Waals surface area (Å²) in [7, 11) is 0. The van der Waals surface area contributed by atoms with Crippen LogP contribution in [-0.4, -0.2) is 39.6 Å². The van der Waals surface area contributed by atoms with Crippen LogP contribution in [0.4, 0.5) is 62.6 Å². The van der Waals surface area contributed by atoms with E-state index in [2.05, 4.69) is 200 Å². The summed E-state index contributed by atoms with van der Waals surface area (Å²) >= 11 is 0. The fourth-order valence-corrected chi connectivity index (χ4v) is 12.3. The molecule has 0 radical (unpaired) electrons. The van der Waals surface area contributed by atoms with Crippen LogP contribution < -0.4 is 62.0 Å². The molecule has 6 nitrogen and oxygen atoms in total. The topological polar surface area (TPSA) is 25.4 Å². The lowest BCUT2D eigenvalue weighted by Gasteiger charge is -2.47. The van der Waals surface area contributed by atoms with E-state index in [0.29, 0.717) is 0 Å². The van der Waals surface area contributed by atoms with Crippen LogP contribution >= 0.6 is 0 Å². The molecule has 6 aliphatic rings. The first-order valence-electron chi connectivity index (χ1n) is 24.2. The Balaban J connectivity index is 1.09. The van der Waals surface area contributed by atoms with Crippen molar-refractivity contribution in [3.05, 3.63) is 176 Å². The molecular formula is C58H49B2N5O. The first-order valence-corrected chi connectivity index (χ1v) is 24.2. The Labute approximate surface area is 388 Å². The Morgan fingerprint density at radius 1 is 0.303 bits per heavy atom. The average molecular weight is 854 g/mol. The van der Waals surface area contributed by atoms with Gasteiger partial charge in [-0.1, -0.05) is 97.1 Å². The van der Waals surface area contributed by atoms with Gasteiger partial charge >= 0.3 is 0 Å². The van der Waals surface area contributed by atoms with E-state index in [-0.39, 0.29) is 13.4 Å². The average Bonchev–Trinajstić information content (AvgIpc) is 3.39. The summed E-state index contributed by atoms with van der Waals surface area (Å²) in [5, 5.41) is 0. The van der Waals surface area contributed by atoms with Crippen LogP contribution in [0.5, 0.6) is 11.5 Å². The van der Waals surface area contributed by atoms with Gasteiger partial charge in [0.25, 0.3) is 13.4 Å². The van der Waals surface area contributed by atoms with Crippen molar-refractivity contribution in [2.45, 2.75) is 38.5 Å². The van der Waals surface area contributed by atoms with Crippen LogP contribution in [-0.2, 0) is 0 Å². The van der Waals surface area contributed by atoms with Gasteiger partial charge in [-0.3, -0.25) is 0 Å². The minimum atomic E-state index is -0.0252. The SMILES string of the molecule is c1ccc(N2c3cc4c(cc3B3c5ccccc5Oc5cc(N6CCCCC6)cc2c53)B2c3ccccc3N(c3ccccc3)c3cc(N5CCCCC5)cc(c32)N4c2ccccc2)cc1. The van der Waals surface area contributed by atoms with Gasteiger partial charge in [0.15, 0.2) is 0 Å². The summed E-state index contributed by atoms with van der Waals surface area (Å²) in [6.45, 7) is 4.22. The number of benzene rings is 8. The third-order valence-corrected chi connectivity index (χ3v) is 15.2. The largest absolute Gasteiger partial charge is 0.458 e. The lowest BCUT2D eigenvalue weighted by atomic mass is 9.30. The smallest absolute Gasteiger partial charge is 0.256 e. The predicted octanol–water partition coefficient (Wildman–Crippen LogP) is 10.2. The summed E-state index contributed by atoms with van der Waals surface area (Å²) in [5.74, 6) is 1.91. The van der Waals surface area contributed by atoms with Crippen molar-refractivity contribution in [2.75, 3.05) is 50.7 Å². The molecule has 0 aromatic heterocycles. The highest BCUT2D eigenvalue weighted by molar-refractivity contribution is 7.02. The van der Waals surface area contributed by atoms with E-state index >= 15 is 0 Å². The van der Waals surface area contributed by atoms with Crippen molar-refractivity contribution in [2.24, 2.45) is 0 Å². The Hall–Kier alpha value is -7.31. The number of hydrogen-bond acceptors (Lipinski definition) is 6. The molecule has 0 spiro atoms. The van der Waals surface area contributed by atoms with Crippen LogP contribution in [0.25, 0.3) is 0 Å². The molecule has 14 rings (SSSR count). The van der Waals surface area contributed by atoms with E-state index < -0.39 is 0 Å². The zero-order valence-electron chi connectivity index (χ0n) is 37.1. The quantitative estimate of drug-likeness (QED) is 0.160. The van der Waals surface area contributed by atoms with Gasteiger partial charge in [-0.2, -0.15) is 0 Å². The molecule has 6 heterocycles. The van der Waals surface area contributed by atoms with Gasteiger partial charge in [-0.15, -0.1) is 0 Å². The minimum absolute atomic E-state index is 0.00978. The zero-order valence-corrected chi connectivity index (χ0v) is 37.1. The molecule has 66 heavy (non-hydrogen) atoms. The lowest BCUT2D eigenvalue weighted by molar-refractivity contribution is 0.487. The summed E-state index contributed by atoms with van der Waals surface area (Å²) in [6, 6.07) is 66.2. The van der Waals surface area contributed by atoms with Crippen LogP contribution in [0.2, 0.25) is 0 Å². The highest BCUT2D eigenvalue weighted by Crippen LogP contribution is 2.49. The maximum atomic E-state index is 7.05. The molecule has 0 bridgehead atoms.